The molecule has 3 heterocycles. The number of rotatable bonds is 6. The highest BCUT2D eigenvalue weighted by Gasteiger charge is 2.18. The van der Waals surface area contributed by atoms with Crippen LogP contribution in [-0.4, -0.2) is 58.5 Å². The van der Waals surface area contributed by atoms with Gasteiger partial charge in [0.25, 0.3) is 5.91 Å². The van der Waals surface area contributed by atoms with Crippen molar-refractivity contribution in [3.05, 3.63) is 34.3 Å². The Balaban J connectivity index is 1.50. The summed E-state index contributed by atoms with van der Waals surface area (Å²) in [5.41, 5.74) is 1.03. The minimum Gasteiger partial charge on any atom is -0.386 e. The Bertz CT molecular complexity index is 625. The molecule has 1 fully saturated rings. The molecule has 124 valence electrons. The van der Waals surface area contributed by atoms with Crippen molar-refractivity contribution in [3.8, 4) is 0 Å². The molecule has 1 aliphatic heterocycles. The average molecular weight is 338 g/mol. The molecule has 1 saturated heterocycles. The second-order valence-electron chi connectivity index (χ2n) is 5.18. The van der Waals surface area contributed by atoms with Crippen molar-refractivity contribution in [1.29, 1.82) is 0 Å². The quantitative estimate of drug-likeness (QED) is 0.782. The zero-order chi connectivity index (χ0) is 16.1. The molecule has 0 radical (unpaired) electrons. The summed E-state index contributed by atoms with van der Waals surface area (Å²) in [5, 5.41) is 24.3. The van der Waals surface area contributed by atoms with Gasteiger partial charge < -0.3 is 19.9 Å². The van der Waals surface area contributed by atoms with E-state index in [-0.39, 0.29) is 24.2 Å². The highest BCUT2D eigenvalue weighted by molar-refractivity contribution is 7.07. The predicted molar refractivity (Wildman–Crippen MR) is 82.2 cm³/mol. The molecular weight excluding hydrogens is 320 g/mol. The molecule has 1 amide bonds. The lowest BCUT2D eigenvalue weighted by molar-refractivity contribution is -0.0855. The van der Waals surface area contributed by atoms with Gasteiger partial charge in [-0.1, -0.05) is 5.21 Å². The molecular formula is C14H18N4O4S. The summed E-state index contributed by atoms with van der Waals surface area (Å²) >= 11 is 1.52. The Kier molecular flexibility index (Phi) is 5.34. The fourth-order valence-corrected chi connectivity index (χ4v) is 2.90. The Morgan fingerprint density at radius 1 is 1.57 bits per heavy atom. The van der Waals surface area contributed by atoms with E-state index in [0.717, 1.165) is 5.56 Å². The fourth-order valence-electron chi connectivity index (χ4n) is 2.19. The first kappa shape index (κ1) is 16.1. The normalized spacial score (nSPS) is 19.4. The lowest BCUT2D eigenvalue weighted by Gasteiger charge is -2.22. The first-order chi connectivity index (χ1) is 11.2. The Hall–Kier alpha value is -1.81. The van der Waals surface area contributed by atoms with Gasteiger partial charge in [0.15, 0.2) is 5.69 Å². The number of nitrogens with one attached hydrogen (secondary N) is 1. The number of carbonyl (C=O) groups excluding carboxylic acids is 1. The van der Waals surface area contributed by atoms with Crippen LogP contribution in [0.2, 0.25) is 0 Å². The second-order valence-corrected chi connectivity index (χ2v) is 5.96. The Labute approximate surface area is 137 Å². The number of ether oxygens (including phenoxy) is 2. The number of amides is 1. The van der Waals surface area contributed by atoms with Gasteiger partial charge in [-0.15, -0.1) is 5.10 Å². The molecule has 0 saturated carbocycles. The van der Waals surface area contributed by atoms with Gasteiger partial charge in [0, 0.05) is 6.54 Å². The van der Waals surface area contributed by atoms with Crippen molar-refractivity contribution >= 4 is 17.2 Å². The molecule has 8 nitrogen and oxygen atoms in total. The molecule has 0 spiro atoms. The van der Waals surface area contributed by atoms with Gasteiger partial charge in [-0.25, -0.2) is 4.68 Å². The molecule has 2 aromatic rings. The first-order valence-corrected chi connectivity index (χ1v) is 8.24. The maximum atomic E-state index is 12.0. The van der Waals surface area contributed by atoms with Crippen LogP contribution in [0.5, 0.6) is 0 Å². The van der Waals surface area contributed by atoms with Gasteiger partial charge in [0.1, 0.15) is 0 Å². The SMILES string of the molecule is O=C(NCC1COCCO1)c1cn(CC(O)c2ccsc2)nn1. The largest absolute Gasteiger partial charge is 0.386 e. The van der Waals surface area contributed by atoms with Gasteiger partial charge in [0.2, 0.25) is 0 Å². The van der Waals surface area contributed by atoms with E-state index in [2.05, 4.69) is 15.6 Å². The number of hydrogen-bond acceptors (Lipinski definition) is 7. The number of aliphatic hydroxyl groups is 1. The number of aromatic nitrogens is 3. The van der Waals surface area contributed by atoms with Crippen molar-refractivity contribution in [3.63, 3.8) is 0 Å². The molecule has 0 bridgehead atoms. The van der Waals surface area contributed by atoms with E-state index >= 15 is 0 Å². The summed E-state index contributed by atoms with van der Waals surface area (Å²) < 4.78 is 12.2. The summed E-state index contributed by atoms with van der Waals surface area (Å²) in [6.07, 6.45) is 0.707. The van der Waals surface area contributed by atoms with Gasteiger partial charge >= 0.3 is 0 Å². The van der Waals surface area contributed by atoms with Crippen molar-refractivity contribution in [2.45, 2.75) is 18.8 Å². The second kappa shape index (κ2) is 7.64. The maximum Gasteiger partial charge on any atom is 0.273 e. The molecule has 2 N–H and O–H groups in total. The number of nitrogens with zero attached hydrogens (tertiary/aromatic N) is 3. The van der Waals surface area contributed by atoms with Crippen LogP contribution in [0.3, 0.4) is 0 Å². The summed E-state index contributed by atoms with van der Waals surface area (Å²) in [7, 11) is 0. The molecule has 23 heavy (non-hydrogen) atoms. The molecule has 2 aromatic heterocycles. The third-order valence-corrected chi connectivity index (χ3v) is 4.14. The van der Waals surface area contributed by atoms with Gasteiger partial charge in [0.05, 0.1) is 44.8 Å². The molecule has 3 rings (SSSR count). The highest BCUT2D eigenvalue weighted by atomic mass is 32.1. The topological polar surface area (TPSA) is 98.5 Å². The summed E-state index contributed by atoms with van der Waals surface area (Å²) in [6.45, 7) is 2.21. The van der Waals surface area contributed by atoms with Crippen LogP contribution in [0, 0.1) is 0 Å². The van der Waals surface area contributed by atoms with E-state index in [1.54, 1.807) is 0 Å². The molecule has 1 aliphatic rings. The maximum absolute atomic E-state index is 12.0. The first-order valence-electron chi connectivity index (χ1n) is 7.30. The smallest absolute Gasteiger partial charge is 0.273 e. The minimum atomic E-state index is -0.674. The van der Waals surface area contributed by atoms with Crippen molar-refractivity contribution < 1.29 is 19.4 Å². The zero-order valence-electron chi connectivity index (χ0n) is 12.4. The molecule has 0 aromatic carbocycles. The van der Waals surface area contributed by atoms with Crippen molar-refractivity contribution in [2.24, 2.45) is 0 Å². The van der Waals surface area contributed by atoms with E-state index in [0.29, 0.717) is 26.4 Å². The van der Waals surface area contributed by atoms with Crippen molar-refractivity contribution in [1.82, 2.24) is 20.3 Å². The standard InChI is InChI=1S/C14H18N4O4S/c19-13(10-1-4-23-9-10)7-18-6-12(16-17-18)14(20)15-5-11-8-21-2-3-22-11/h1,4,6,9,11,13,19H,2-3,5,7-8H2,(H,15,20). The van der Waals surface area contributed by atoms with Crippen LogP contribution >= 0.6 is 11.3 Å². The van der Waals surface area contributed by atoms with E-state index in [9.17, 15) is 9.90 Å². The lowest BCUT2D eigenvalue weighted by Crippen LogP contribution is -2.39. The van der Waals surface area contributed by atoms with Gasteiger partial charge in [-0.3, -0.25) is 4.79 Å². The summed E-state index contributed by atoms with van der Waals surface area (Å²) in [5.74, 6) is -0.324. The summed E-state index contributed by atoms with van der Waals surface area (Å²) in [6, 6.07) is 1.85. The van der Waals surface area contributed by atoms with Crippen LogP contribution in [0.1, 0.15) is 22.2 Å². The number of aliphatic hydroxyl groups excluding tert-OH is 1. The lowest BCUT2D eigenvalue weighted by atomic mass is 10.2. The molecule has 0 aliphatic carbocycles. The zero-order valence-corrected chi connectivity index (χ0v) is 13.2. The third-order valence-electron chi connectivity index (χ3n) is 3.43. The number of hydrogen-bond donors (Lipinski definition) is 2. The number of carbonyl (C=O) groups is 1. The fraction of sp³-hybridized carbons (Fsp3) is 0.500. The Morgan fingerprint density at radius 2 is 2.48 bits per heavy atom. The molecule has 9 heteroatoms. The van der Waals surface area contributed by atoms with Crippen LogP contribution in [0.25, 0.3) is 0 Å². The average Bonchev–Trinajstić information content (AvgIpc) is 3.25. The van der Waals surface area contributed by atoms with E-state index in [4.69, 9.17) is 9.47 Å². The third kappa shape index (κ3) is 4.35. The molecule has 2 unspecified atom stereocenters. The minimum absolute atomic E-state index is 0.136. The van der Waals surface area contributed by atoms with Crippen LogP contribution in [-0.2, 0) is 16.0 Å². The van der Waals surface area contributed by atoms with Gasteiger partial charge in [-0.05, 0) is 22.4 Å². The Morgan fingerprint density at radius 3 is 3.22 bits per heavy atom. The van der Waals surface area contributed by atoms with E-state index in [1.165, 1.54) is 22.2 Å². The van der Waals surface area contributed by atoms with Crippen molar-refractivity contribution in [2.75, 3.05) is 26.4 Å². The van der Waals surface area contributed by atoms with E-state index in [1.807, 2.05) is 16.8 Å². The molecule has 2 atom stereocenters. The van der Waals surface area contributed by atoms with Gasteiger partial charge in [-0.2, -0.15) is 11.3 Å². The van der Waals surface area contributed by atoms with Crippen LogP contribution in [0.4, 0.5) is 0 Å². The highest BCUT2D eigenvalue weighted by Crippen LogP contribution is 2.17. The van der Waals surface area contributed by atoms with Crippen LogP contribution < -0.4 is 5.32 Å². The van der Waals surface area contributed by atoms with Crippen LogP contribution in [0.15, 0.2) is 23.0 Å². The van der Waals surface area contributed by atoms with E-state index < -0.39 is 6.10 Å². The number of thiophene rings is 1. The monoisotopic (exact) mass is 338 g/mol. The summed E-state index contributed by atoms with van der Waals surface area (Å²) in [4.78, 5) is 12.0. The predicted octanol–water partition coefficient (Wildman–Crippen LogP) is 0.218.